The predicted octanol–water partition coefficient (Wildman–Crippen LogP) is 1.88. The van der Waals surface area contributed by atoms with Crippen LogP contribution in [0.2, 0.25) is 0 Å². The fraction of sp³-hybridized carbons (Fsp3) is 0.200. The van der Waals surface area contributed by atoms with Gasteiger partial charge >= 0.3 is 0 Å². The Bertz CT molecular complexity index is 419. The number of hydrogen-bond acceptors (Lipinski definition) is 3. The van der Waals surface area contributed by atoms with E-state index >= 15 is 0 Å². The molecule has 0 N–H and O–H groups in total. The summed E-state index contributed by atoms with van der Waals surface area (Å²) in [5.74, 6) is 0. The van der Waals surface area contributed by atoms with Gasteiger partial charge in [0, 0.05) is 7.05 Å². The van der Waals surface area contributed by atoms with Crippen LogP contribution < -0.4 is 0 Å². The van der Waals surface area contributed by atoms with E-state index in [1.807, 2.05) is 24.3 Å². The van der Waals surface area contributed by atoms with Crippen molar-refractivity contribution in [1.82, 2.24) is 9.88 Å². The minimum Gasteiger partial charge on any atom is -0.342 e. The van der Waals surface area contributed by atoms with E-state index in [4.69, 9.17) is 0 Å². The van der Waals surface area contributed by atoms with Crippen molar-refractivity contribution >= 4 is 28.0 Å². The van der Waals surface area contributed by atoms with Gasteiger partial charge in [-0.3, -0.25) is 4.79 Å². The molecule has 0 saturated carbocycles. The van der Waals surface area contributed by atoms with Crippen LogP contribution in [-0.2, 0) is 11.3 Å². The Morgan fingerprint density at radius 1 is 1.50 bits per heavy atom. The van der Waals surface area contributed by atoms with Crippen molar-refractivity contribution in [2.45, 2.75) is 6.54 Å². The third-order valence-corrected chi connectivity index (χ3v) is 2.92. The number of carbonyl (C=O) groups is 1. The molecule has 3 nitrogen and oxygen atoms in total. The number of aromatic nitrogens is 1. The topological polar surface area (TPSA) is 33.2 Å². The average molecular weight is 206 g/mol. The highest BCUT2D eigenvalue weighted by atomic mass is 32.1. The van der Waals surface area contributed by atoms with E-state index in [2.05, 4.69) is 4.98 Å². The minimum absolute atomic E-state index is 0.586. The van der Waals surface area contributed by atoms with Crippen molar-refractivity contribution < 1.29 is 4.79 Å². The largest absolute Gasteiger partial charge is 0.342 e. The van der Waals surface area contributed by atoms with Crippen LogP contribution in [0.1, 0.15) is 5.01 Å². The number of amides is 1. The van der Waals surface area contributed by atoms with Gasteiger partial charge in [-0.15, -0.1) is 11.3 Å². The molecule has 1 aromatic carbocycles. The number of fused-ring (bicyclic) bond motifs is 1. The van der Waals surface area contributed by atoms with Gasteiger partial charge in [0.2, 0.25) is 6.41 Å². The van der Waals surface area contributed by atoms with Crippen LogP contribution in [0, 0.1) is 0 Å². The molecule has 0 radical (unpaired) electrons. The molecule has 0 saturated heterocycles. The van der Waals surface area contributed by atoms with Crippen molar-refractivity contribution in [1.29, 1.82) is 0 Å². The van der Waals surface area contributed by atoms with Crippen LogP contribution in [-0.4, -0.2) is 23.3 Å². The summed E-state index contributed by atoms with van der Waals surface area (Å²) in [6, 6.07) is 7.98. The molecule has 0 fully saturated rings. The van der Waals surface area contributed by atoms with Crippen LogP contribution in [0.25, 0.3) is 10.2 Å². The zero-order chi connectivity index (χ0) is 9.97. The summed E-state index contributed by atoms with van der Waals surface area (Å²) >= 11 is 1.63. The molecule has 0 aliphatic rings. The van der Waals surface area contributed by atoms with E-state index in [9.17, 15) is 4.79 Å². The van der Waals surface area contributed by atoms with E-state index in [1.165, 1.54) is 4.70 Å². The third-order valence-electron chi connectivity index (χ3n) is 1.90. The van der Waals surface area contributed by atoms with Crippen molar-refractivity contribution in [3.05, 3.63) is 29.3 Å². The van der Waals surface area contributed by atoms with E-state index < -0.39 is 0 Å². The monoisotopic (exact) mass is 206 g/mol. The van der Waals surface area contributed by atoms with E-state index in [0.717, 1.165) is 16.9 Å². The molecule has 1 heterocycles. The molecule has 0 aliphatic carbocycles. The summed E-state index contributed by atoms with van der Waals surface area (Å²) in [7, 11) is 1.75. The highest BCUT2D eigenvalue weighted by Crippen LogP contribution is 2.21. The van der Waals surface area contributed by atoms with E-state index in [1.54, 1.807) is 23.3 Å². The fourth-order valence-corrected chi connectivity index (χ4v) is 2.27. The van der Waals surface area contributed by atoms with Crippen LogP contribution in [0.5, 0.6) is 0 Å². The minimum atomic E-state index is 0.586. The first kappa shape index (κ1) is 9.15. The van der Waals surface area contributed by atoms with Gasteiger partial charge in [0.1, 0.15) is 5.01 Å². The zero-order valence-corrected chi connectivity index (χ0v) is 8.62. The summed E-state index contributed by atoms with van der Waals surface area (Å²) < 4.78 is 1.17. The average Bonchev–Trinajstić information content (AvgIpc) is 2.59. The van der Waals surface area contributed by atoms with Gasteiger partial charge in [-0.2, -0.15) is 0 Å². The molecule has 4 heteroatoms. The van der Waals surface area contributed by atoms with Gasteiger partial charge < -0.3 is 4.90 Å². The molecular formula is C10H10N2OS. The normalized spacial score (nSPS) is 10.4. The number of thiazole rings is 1. The van der Waals surface area contributed by atoms with E-state index in [-0.39, 0.29) is 0 Å². The number of benzene rings is 1. The standard InChI is InChI=1S/C10H10N2OS/c1-12(7-13)6-10-11-8-4-2-3-5-9(8)14-10/h2-5,7H,6H2,1H3. The van der Waals surface area contributed by atoms with Crippen LogP contribution in [0.4, 0.5) is 0 Å². The Hall–Kier alpha value is -1.42. The van der Waals surface area contributed by atoms with Crippen LogP contribution >= 0.6 is 11.3 Å². The second kappa shape index (κ2) is 3.75. The molecule has 0 bridgehead atoms. The lowest BCUT2D eigenvalue weighted by molar-refractivity contribution is -0.117. The Labute approximate surface area is 86.0 Å². The molecule has 14 heavy (non-hydrogen) atoms. The van der Waals surface area contributed by atoms with E-state index in [0.29, 0.717) is 6.54 Å². The Morgan fingerprint density at radius 2 is 2.29 bits per heavy atom. The highest BCUT2D eigenvalue weighted by Gasteiger charge is 2.04. The molecule has 2 aromatic rings. The Kier molecular flexibility index (Phi) is 2.45. The van der Waals surface area contributed by atoms with Crippen LogP contribution in [0.15, 0.2) is 24.3 Å². The molecule has 1 aromatic heterocycles. The summed E-state index contributed by atoms with van der Waals surface area (Å²) in [6.07, 6.45) is 0.812. The predicted molar refractivity (Wildman–Crippen MR) is 57.2 cm³/mol. The molecule has 2 rings (SSSR count). The molecule has 1 amide bonds. The third kappa shape index (κ3) is 1.75. The summed E-state index contributed by atoms with van der Waals surface area (Å²) in [4.78, 5) is 16.4. The zero-order valence-electron chi connectivity index (χ0n) is 7.80. The van der Waals surface area contributed by atoms with Crippen LogP contribution in [0.3, 0.4) is 0 Å². The molecule has 0 spiro atoms. The fourth-order valence-electron chi connectivity index (χ4n) is 1.24. The maximum absolute atomic E-state index is 10.4. The first-order valence-corrected chi connectivity index (χ1v) is 5.11. The Balaban J connectivity index is 2.31. The van der Waals surface area contributed by atoms with Gasteiger partial charge in [-0.1, -0.05) is 12.1 Å². The number of rotatable bonds is 3. The maximum atomic E-state index is 10.4. The van der Waals surface area contributed by atoms with Gasteiger partial charge in [-0.05, 0) is 12.1 Å². The summed E-state index contributed by atoms with van der Waals surface area (Å²) in [5.41, 5.74) is 1.01. The van der Waals surface area contributed by atoms with Crippen molar-refractivity contribution in [3.8, 4) is 0 Å². The van der Waals surface area contributed by atoms with Gasteiger partial charge in [0.25, 0.3) is 0 Å². The van der Waals surface area contributed by atoms with Gasteiger partial charge in [-0.25, -0.2) is 4.98 Å². The first-order valence-electron chi connectivity index (χ1n) is 4.29. The first-order chi connectivity index (χ1) is 6.79. The smallest absolute Gasteiger partial charge is 0.209 e. The van der Waals surface area contributed by atoms with Gasteiger partial charge in [0.05, 0.1) is 16.8 Å². The lowest BCUT2D eigenvalue weighted by Gasteiger charge is -2.05. The SMILES string of the molecule is CN(C=O)Cc1nc2ccccc2s1. The van der Waals surface area contributed by atoms with Crippen molar-refractivity contribution in [2.75, 3.05) is 7.05 Å². The quantitative estimate of drug-likeness (QED) is 0.718. The van der Waals surface area contributed by atoms with Crippen molar-refractivity contribution in [3.63, 3.8) is 0 Å². The molecular weight excluding hydrogens is 196 g/mol. The lowest BCUT2D eigenvalue weighted by Crippen LogP contribution is -2.14. The summed E-state index contributed by atoms with van der Waals surface area (Å²) in [6.45, 7) is 0.586. The Morgan fingerprint density at radius 3 is 3.00 bits per heavy atom. The number of nitrogens with zero attached hydrogens (tertiary/aromatic N) is 2. The molecule has 0 aliphatic heterocycles. The second-order valence-electron chi connectivity index (χ2n) is 3.10. The molecule has 0 unspecified atom stereocenters. The molecule has 0 atom stereocenters. The lowest BCUT2D eigenvalue weighted by atomic mass is 10.3. The van der Waals surface area contributed by atoms with Crippen molar-refractivity contribution in [2.24, 2.45) is 0 Å². The van der Waals surface area contributed by atoms with Gasteiger partial charge in [0.15, 0.2) is 0 Å². The number of hydrogen-bond donors (Lipinski definition) is 0. The number of para-hydroxylation sites is 1. The summed E-state index contributed by atoms with van der Waals surface area (Å²) in [5, 5.41) is 0.973. The maximum Gasteiger partial charge on any atom is 0.209 e. The second-order valence-corrected chi connectivity index (χ2v) is 4.21. The molecule has 72 valence electrons. The highest BCUT2D eigenvalue weighted by molar-refractivity contribution is 7.18. The number of carbonyl (C=O) groups excluding carboxylic acids is 1.